The third-order valence-electron chi connectivity index (χ3n) is 2.27. The molecule has 0 aromatic heterocycles. The topological polar surface area (TPSA) is 23.5 Å². The van der Waals surface area contributed by atoms with Gasteiger partial charge in [0, 0.05) is 13.1 Å². The Morgan fingerprint density at radius 3 is 2.36 bits per heavy atom. The summed E-state index contributed by atoms with van der Waals surface area (Å²) < 4.78 is 0. The maximum atomic E-state index is 9.84. The Labute approximate surface area is 69.2 Å². The van der Waals surface area contributed by atoms with E-state index >= 15 is 0 Å². The van der Waals surface area contributed by atoms with Gasteiger partial charge in [-0.15, -0.1) is 0 Å². The Hall–Kier alpha value is -0.0800. The molecular weight excluding hydrogens is 138 g/mol. The first-order valence-corrected chi connectivity index (χ1v) is 4.50. The predicted octanol–water partition coefficient (Wildman–Crippen LogP) is 1.10. The van der Waals surface area contributed by atoms with Gasteiger partial charge in [0.2, 0.25) is 0 Å². The molecule has 2 heteroatoms. The third kappa shape index (κ3) is 2.17. The van der Waals surface area contributed by atoms with Crippen molar-refractivity contribution in [2.24, 2.45) is 5.92 Å². The van der Waals surface area contributed by atoms with E-state index in [2.05, 4.69) is 25.7 Å². The van der Waals surface area contributed by atoms with Gasteiger partial charge in [-0.1, -0.05) is 20.8 Å². The normalized spacial score (nSPS) is 23.7. The third-order valence-corrected chi connectivity index (χ3v) is 2.27. The van der Waals surface area contributed by atoms with Crippen LogP contribution in [0, 0.1) is 5.92 Å². The minimum atomic E-state index is -0.357. The van der Waals surface area contributed by atoms with Gasteiger partial charge in [-0.2, -0.15) is 0 Å². The van der Waals surface area contributed by atoms with Crippen LogP contribution in [0.3, 0.4) is 0 Å². The van der Waals surface area contributed by atoms with Crippen LogP contribution in [-0.2, 0) is 0 Å². The molecule has 1 heterocycles. The molecule has 66 valence electrons. The molecule has 0 radical (unpaired) electrons. The fourth-order valence-corrected chi connectivity index (χ4v) is 1.90. The smallest absolute Gasteiger partial charge is 0.0902 e. The van der Waals surface area contributed by atoms with Crippen LogP contribution in [0.1, 0.15) is 27.2 Å². The van der Waals surface area contributed by atoms with Gasteiger partial charge >= 0.3 is 0 Å². The van der Waals surface area contributed by atoms with E-state index in [-0.39, 0.29) is 5.60 Å². The van der Waals surface area contributed by atoms with Crippen molar-refractivity contribution in [2.75, 3.05) is 19.6 Å². The second-order valence-electron chi connectivity index (χ2n) is 4.13. The first-order valence-electron chi connectivity index (χ1n) is 4.50. The van der Waals surface area contributed by atoms with E-state index in [1.165, 1.54) is 0 Å². The highest BCUT2D eigenvalue weighted by Crippen LogP contribution is 2.27. The second-order valence-corrected chi connectivity index (χ2v) is 4.13. The van der Waals surface area contributed by atoms with Crippen LogP contribution >= 0.6 is 0 Å². The zero-order chi connectivity index (χ0) is 8.48. The number of nitrogens with zero attached hydrogens (tertiary/aromatic N) is 1. The van der Waals surface area contributed by atoms with E-state index in [1.807, 2.05) is 0 Å². The molecule has 0 aromatic carbocycles. The van der Waals surface area contributed by atoms with Crippen molar-refractivity contribution in [3.8, 4) is 0 Å². The summed E-state index contributed by atoms with van der Waals surface area (Å²) in [5.41, 5.74) is -0.357. The van der Waals surface area contributed by atoms with E-state index in [4.69, 9.17) is 0 Å². The van der Waals surface area contributed by atoms with Crippen LogP contribution in [-0.4, -0.2) is 35.2 Å². The summed E-state index contributed by atoms with van der Waals surface area (Å²) in [7, 11) is 0. The zero-order valence-electron chi connectivity index (χ0n) is 7.80. The van der Waals surface area contributed by atoms with E-state index in [0.717, 1.165) is 26.1 Å². The Bertz CT molecular complexity index is 128. The molecule has 1 aliphatic rings. The van der Waals surface area contributed by atoms with Crippen molar-refractivity contribution in [3.63, 3.8) is 0 Å². The van der Waals surface area contributed by atoms with Gasteiger partial charge in [-0.3, -0.25) is 4.90 Å². The summed E-state index contributed by atoms with van der Waals surface area (Å²) in [6, 6.07) is 0. The van der Waals surface area contributed by atoms with Gasteiger partial charge in [0.15, 0.2) is 0 Å². The molecule has 1 saturated heterocycles. The Morgan fingerprint density at radius 1 is 1.45 bits per heavy atom. The first-order chi connectivity index (χ1) is 5.06. The SMILES string of the molecule is CCN1CC(O)(CC(C)C)C1. The van der Waals surface area contributed by atoms with Crippen LogP contribution in [0.2, 0.25) is 0 Å². The molecule has 11 heavy (non-hydrogen) atoms. The van der Waals surface area contributed by atoms with Crippen LogP contribution in [0.25, 0.3) is 0 Å². The summed E-state index contributed by atoms with van der Waals surface area (Å²) in [4.78, 5) is 2.27. The highest BCUT2D eigenvalue weighted by molar-refractivity contribution is 4.95. The van der Waals surface area contributed by atoms with Crippen molar-refractivity contribution < 1.29 is 5.11 Å². The lowest BCUT2D eigenvalue weighted by molar-refractivity contribution is -0.107. The highest BCUT2D eigenvalue weighted by Gasteiger charge is 2.40. The molecular formula is C9H19NO. The number of likely N-dealkylation sites (tertiary alicyclic amines) is 1. The molecule has 0 atom stereocenters. The standard InChI is InChI=1S/C9H19NO/c1-4-10-6-9(11,7-10)5-8(2)3/h8,11H,4-7H2,1-3H3. The molecule has 1 N–H and O–H groups in total. The fraction of sp³-hybridized carbons (Fsp3) is 1.00. The zero-order valence-corrected chi connectivity index (χ0v) is 7.80. The summed E-state index contributed by atoms with van der Waals surface area (Å²) in [6.07, 6.45) is 0.948. The molecule has 0 spiro atoms. The average Bonchev–Trinajstić information content (AvgIpc) is 1.80. The number of hydrogen-bond donors (Lipinski definition) is 1. The molecule has 0 saturated carbocycles. The molecule has 0 aromatic rings. The van der Waals surface area contributed by atoms with E-state index in [1.54, 1.807) is 0 Å². The number of aliphatic hydroxyl groups is 1. The van der Waals surface area contributed by atoms with Gasteiger partial charge in [-0.05, 0) is 18.9 Å². The van der Waals surface area contributed by atoms with Crippen molar-refractivity contribution in [1.82, 2.24) is 4.90 Å². The van der Waals surface area contributed by atoms with Crippen molar-refractivity contribution in [3.05, 3.63) is 0 Å². The molecule has 1 aliphatic heterocycles. The maximum Gasteiger partial charge on any atom is 0.0902 e. The Kier molecular flexibility index (Phi) is 2.55. The fourth-order valence-electron chi connectivity index (χ4n) is 1.90. The van der Waals surface area contributed by atoms with Crippen LogP contribution < -0.4 is 0 Å². The van der Waals surface area contributed by atoms with Crippen LogP contribution in [0.5, 0.6) is 0 Å². The van der Waals surface area contributed by atoms with Gasteiger partial charge in [0.05, 0.1) is 5.60 Å². The average molecular weight is 157 g/mol. The molecule has 0 amide bonds. The maximum absolute atomic E-state index is 9.84. The van der Waals surface area contributed by atoms with Gasteiger partial charge in [0.25, 0.3) is 0 Å². The lowest BCUT2D eigenvalue weighted by atomic mass is 9.85. The summed E-state index contributed by atoms with van der Waals surface area (Å²) in [5.74, 6) is 0.610. The minimum absolute atomic E-state index is 0.357. The van der Waals surface area contributed by atoms with Crippen LogP contribution in [0.15, 0.2) is 0 Å². The van der Waals surface area contributed by atoms with E-state index < -0.39 is 0 Å². The monoisotopic (exact) mass is 157 g/mol. The highest BCUT2D eigenvalue weighted by atomic mass is 16.3. The number of rotatable bonds is 3. The quantitative estimate of drug-likeness (QED) is 0.663. The minimum Gasteiger partial charge on any atom is -0.387 e. The number of likely N-dealkylation sites (N-methyl/N-ethyl adjacent to an activating group) is 1. The lowest BCUT2D eigenvalue weighted by Gasteiger charge is -2.47. The number of β-amino-alcohol motifs (C(OH)–C–C–N with tert-alkyl or cyclic N) is 1. The number of hydrogen-bond acceptors (Lipinski definition) is 2. The van der Waals surface area contributed by atoms with Gasteiger partial charge in [0.1, 0.15) is 0 Å². The van der Waals surface area contributed by atoms with Crippen molar-refractivity contribution in [2.45, 2.75) is 32.8 Å². The Morgan fingerprint density at radius 2 is 2.00 bits per heavy atom. The largest absolute Gasteiger partial charge is 0.387 e. The summed E-state index contributed by atoms with van der Waals surface area (Å²) in [6.45, 7) is 9.28. The predicted molar refractivity (Wildman–Crippen MR) is 46.5 cm³/mol. The molecule has 1 rings (SSSR count). The Balaban J connectivity index is 2.25. The molecule has 0 aliphatic carbocycles. The molecule has 1 fully saturated rings. The molecule has 0 bridgehead atoms. The van der Waals surface area contributed by atoms with E-state index in [0.29, 0.717) is 5.92 Å². The van der Waals surface area contributed by atoms with E-state index in [9.17, 15) is 5.11 Å². The first kappa shape index (κ1) is 9.01. The second kappa shape index (κ2) is 3.11. The van der Waals surface area contributed by atoms with Gasteiger partial charge in [-0.25, -0.2) is 0 Å². The molecule has 2 nitrogen and oxygen atoms in total. The molecule has 0 unspecified atom stereocenters. The lowest BCUT2D eigenvalue weighted by Crippen LogP contribution is -2.61. The summed E-state index contributed by atoms with van der Waals surface area (Å²) in [5, 5.41) is 9.84. The van der Waals surface area contributed by atoms with Crippen molar-refractivity contribution >= 4 is 0 Å². The van der Waals surface area contributed by atoms with Crippen LogP contribution in [0.4, 0.5) is 0 Å². The van der Waals surface area contributed by atoms with Crippen molar-refractivity contribution in [1.29, 1.82) is 0 Å². The summed E-state index contributed by atoms with van der Waals surface area (Å²) >= 11 is 0. The van der Waals surface area contributed by atoms with Gasteiger partial charge < -0.3 is 5.11 Å².